The Labute approximate surface area is 102 Å². The highest BCUT2D eigenvalue weighted by atomic mass is 32.1. The number of aromatic nitrogens is 2. The van der Waals surface area contributed by atoms with Crippen molar-refractivity contribution < 1.29 is 4.92 Å². The quantitative estimate of drug-likeness (QED) is 0.666. The summed E-state index contributed by atoms with van der Waals surface area (Å²) in [5.74, 6) is 0.584. The van der Waals surface area contributed by atoms with E-state index >= 15 is 0 Å². The van der Waals surface area contributed by atoms with Gasteiger partial charge in [-0.15, -0.1) is 0 Å². The molecule has 0 bridgehead atoms. The summed E-state index contributed by atoms with van der Waals surface area (Å²) in [6.07, 6.45) is 0. The summed E-state index contributed by atoms with van der Waals surface area (Å²) in [5, 5.41) is 14.3. The summed E-state index contributed by atoms with van der Waals surface area (Å²) in [6.45, 7) is 2.77. The van der Waals surface area contributed by atoms with Crippen molar-refractivity contribution in [3.05, 3.63) is 34.4 Å². The van der Waals surface area contributed by atoms with Gasteiger partial charge in [0.1, 0.15) is 0 Å². The number of hydrogen-bond donors (Lipinski definition) is 1. The second-order valence-electron chi connectivity index (χ2n) is 3.26. The molecule has 0 saturated heterocycles. The molecule has 0 unspecified atom stereocenters. The van der Waals surface area contributed by atoms with E-state index in [9.17, 15) is 10.1 Å². The first-order valence-electron chi connectivity index (χ1n) is 5.03. The number of nitro benzene ring substituents is 1. The van der Waals surface area contributed by atoms with Gasteiger partial charge in [-0.05, 0) is 19.1 Å². The average Bonchev–Trinajstić information content (AvgIpc) is 2.78. The Hall–Kier alpha value is -2.02. The first-order chi connectivity index (χ1) is 8.20. The van der Waals surface area contributed by atoms with Crippen molar-refractivity contribution in [3.63, 3.8) is 0 Å². The first-order valence-corrected chi connectivity index (χ1v) is 5.80. The summed E-state index contributed by atoms with van der Waals surface area (Å²) >= 11 is 1.27. The number of benzene rings is 1. The molecule has 2 rings (SSSR count). The van der Waals surface area contributed by atoms with Crippen LogP contribution in [0.4, 0.5) is 10.8 Å². The van der Waals surface area contributed by atoms with Crippen LogP contribution in [0.5, 0.6) is 0 Å². The van der Waals surface area contributed by atoms with Crippen molar-refractivity contribution >= 4 is 22.4 Å². The standard InChI is InChI=1S/C10H10N4O2S/c1-2-11-10-12-9(13-17-10)7-3-5-8(6-4-7)14(15)16/h3-6H,2H2,1H3,(H,11,12,13). The summed E-state index contributed by atoms with van der Waals surface area (Å²) in [7, 11) is 0. The van der Waals surface area contributed by atoms with Crippen LogP contribution in [-0.4, -0.2) is 20.8 Å². The Kier molecular flexibility index (Phi) is 3.29. The van der Waals surface area contributed by atoms with Crippen LogP contribution >= 0.6 is 11.5 Å². The molecule has 0 aliphatic rings. The highest BCUT2D eigenvalue weighted by molar-refractivity contribution is 7.09. The zero-order valence-electron chi connectivity index (χ0n) is 9.08. The van der Waals surface area contributed by atoms with Crippen molar-refractivity contribution in [2.75, 3.05) is 11.9 Å². The molecule has 1 aromatic heterocycles. The molecule has 0 amide bonds. The van der Waals surface area contributed by atoms with Crippen LogP contribution in [0.25, 0.3) is 11.4 Å². The van der Waals surface area contributed by atoms with E-state index in [1.807, 2.05) is 6.92 Å². The third-order valence-electron chi connectivity index (χ3n) is 2.09. The van der Waals surface area contributed by atoms with Gasteiger partial charge in [-0.1, -0.05) is 0 Å². The van der Waals surface area contributed by atoms with E-state index in [1.54, 1.807) is 12.1 Å². The normalized spacial score (nSPS) is 10.2. The van der Waals surface area contributed by atoms with Gasteiger partial charge in [-0.25, -0.2) is 0 Å². The second kappa shape index (κ2) is 4.88. The van der Waals surface area contributed by atoms with Gasteiger partial charge in [0, 0.05) is 35.8 Å². The fraction of sp³-hybridized carbons (Fsp3) is 0.200. The number of hydrogen-bond acceptors (Lipinski definition) is 6. The van der Waals surface area contributed by atoms with Gasteiger partial charge < -0.3 is 5.32 Å². The Bertz CT molecular complexity index is 523. The highest BCUT2D eigenvalue weighted by Gasteiger charge is 2.08. The lowest BCUT2D eigenvalue weighted by molar-refractivity contribution is -0.384. The number of nitrogens with one attached hydrogen (secondary N) is 1. The van der Waals surface area contributed by atoms with Gasteiger partial charge in [0.05, 0.1) is 4.92 Å². The van der Waals surface area contributed by atoms with Crippen LogP contribution in [0.2, 0.25) is 0 Å². The first kappa shape index (κ1) is 11.5. The lowest BCUT2D eigenvalue weighted by atomic mass is 10.2. The molecule has 0 saturated carbocycles. The third kappa shape index (κ3) is 2.56. The lowest BCUT2D eigenvalue weighted by Crippen LogP contribution is -1.95. The van der Waals surface area contributed by atoms with Crippen LogP contribution in [0.3, 0.4) is 0 Å². The molecule has 2 aromatic rings. The van der Waals surface area contributed by atoms with Crippen molar-refractivity contribution in [1.29, 1.82) is 0 Å². The van der Waals surface area contributed by atoms with E-state index in [2.05, 4.69) is 14.7 Å². The number of nitrogens with zero attached hydrogens (tertiary/aromatic N) is 3. The molecule has 0 atom stereocenters. The molecule has 0 fully saturated rings. The topological polar surface area (TPSA) is 81.0 Å². The maximum Gasteiger partial charge on any atom is 0.269 e. The molecule has 1 N–H and O–H groups in total. The van der Waals surface area contributed by atoms with Gasteiger partial charge in [-0.2, -0.15) is 9.36 Å². The zero-order chi connectivity index (χ0) is 12.3. The van der Waals surface area contributed by atoms with Crippen molar-refractivity contribution in [2.45, 2.75) is 6.92 Å². The lowest BCUT2D eigenvalue weighted by Gasteiger charge is -1.95. The number of rotatable bonds is 4. The van der Waals surface area contributed by atoms with E-state index in [0.29, 0.717) is 5.82 Å². The maximum absolute atomic E-state index is 10.5. The molecule has 1 heterocycles. The number of nitro groups is 1. The molecule has 0 aliphatic heterocycles. The van der Waals surface area contributed by atoms with E-state index in [0.717, 1.165) is 17.2 Å². The zero-order valence-corrected chi connectivity index (χ0v) is 9.90. The van der Waals surface area contributed by atoms with E-state index < -0.39 is 4.92 Å². The Morgan fingerprint density at radius 1 is 1.41 bits per heavy atom. The van der Waals surface area contributed by atoms with Crippen molar-refractivity contribution in [1.82, 2.24) is 9.36 Å². The van der Waals surface area contributed by atoms with Gasteiger partial charge in [0.2, 0.25) is 5.13 Å². The molecular weight excluding hydrogens is 240 g/mol. The van der Waals surface area contributed by atoms with E-state index in [1.165, 1.54) is 23.7 Å². The molecule has 0 spiro atoms. The van der Waals surface area contributed by atoms with Gasteiger partial charge in [-0.3, -0.25) is 10.1 Å². The summed E-state index contributed by atoms with van der Waals surface area (Å²) in [6, 6.07) is 6.19. The van der Waals surface area contributed by atoms with E-state index in [-0.39, 0.29) is 5.69 Å². The van der Waals surface area contributed by atoms with Crippen LogP contribution in [0, 0.1) is 10.1 Å². The van der Waals surface area contributed by atoms with Crippen LogP contribution in [0.15, 0.2) is 24.3 Å². The third-order valence-corrected chi connectivity index (χ3v) is 2.76. The minimum atomic E-state index is -0.428. The Balaban J connectivity index is 2.23. The molecular formula is C10H10N4O2S. The molecule has 17 heavy (non-hydrogen) atoms. The van der Waals surface area contributed by atoms with Crippen molar-refractivity contribution in [3.8, 4) is 11.4 Å². The monoisotopic (exact) mass is 250 g/mol. The summed E-state index contributed by atoms with van der Waals surface area (Å²) < 4.78 is 4.18. The van der Waals surface area contributed by atoms with Crippen LogP contribution in [-0.2, 0) is 0 Å². The minimum Gasteiger partial charge on any atom is -0.361 e. The molecule has 88 valence electrons. The second-order valence-corrected chi connectivity index (χ2v) is 4.01. The average molecular weight is 250 g/mol. The fourth-order valence-corrected chi connectivity index (χ4v) is 1.95. The van der Waals surface area contributed by atoms with Crippen LogP contribution in [0.1, 0.15) is 6.92 Å². The van der Waals surface area contributed by atoms with Crippen molar-refractivity contribution in [2.24, 2.45) is 0 Å². The maximum atomic E-state index is 10.5. The Morgan fingerprint density at radius 2 is 2.12 bits per heavy atom. The Morgan fingerprint density at radius 3 is 2.71 bits per heavy atom. The van der Waals surface area contributed by atoms with Crippen LogP contribution < -0.4 is 5.32 Å². The fourth-order valence-electron chi connectivity index (χ4n) is 1.30. The molecule has 0 aliphatic carbocycles. The minimum absolute atomic E-state index is 0.0656. The van der Waals surface area contributed by atoms with Gasteiger partial charge >= 0.3 is 0 Å². The molecule has 6 nitrogen and oxygen atoms in total. The summed E-state index contributed by atoms with van der Waals surface area (Å²) in [4.78, 5) is 14.3. The molecule has 7 heteroatoms. The highest BCUT2D eigenvalue weighted by Crippen LogP contribution is 2.23. The number of non-ortho nitro benzene ring substituents is 1. The smallest absolute Gasteiger partial charge is 0.269 e. The molecule has 1 aromatic carbocycles. The molecule has 0 radical (unpaired) electrons. The predicted octanol–water partition coefficient (Wildman–Crippen LogP) is 2.55. The van der Waals surface area contributed by atoms with Gasteiger partial charge in [0.25, 0.3) is 5.69 Å². The predicted molar refractivity (Wildman–Crippen MR) is 66.2 cm³/mol. The van der Waals surface area contributed by atoms with E-state index in [4.69, 9.17) is 0 Å². The SMILES string of the molecule is CCNc1nc(-c2ccc([N+](=O)[O-])cc2)ns1. The number of anilines is 1. The summed E-state index contributed by atoms with van der Waals surface area (Å²) in [5.41, 5.74) is 0.840. The van der Waals surface area contributed by atoms with Gasteiger partial charge in [0.15, 0.2) is 5.82 Å². The largest absolute Gasteiger partial charge is 0.361 e.